The summed E-state index contributed by atoms with van der Waals surface area (Å²) in [6, 6.07) is 0. The van der Waals surface area contributed by atoms with Crippen LogP contribution >= 0.6 is 0 Å². The van der Waals surface area contributed by atoms with E-state index in [1.54, 1.807) is 0 Å². The predicted molar refractivity (Wildman–Crippen MR) is 56.1 cm³/mol. The number of hydrogen-bond donors (Lipinski definition) is 1. The third kappa shape index (κ3) is 5.54. The van der Waals surface area contributed by atoms with Crippen LogP contribution < -0.4 is 5.43 Å². The molecule has 0 bridgehead atoms. The molecule has 0 saturated carbocycles. The minimum Gasteiger partial charge on any atom is -0.380 e. The molecule has 84 valence electrons. The van der Waals surface area contributed by atoms with Gasteiger partial charge in [0.25, 0.3) is 0 Å². The maximum absolute atomic E-state index is 5.44. The van der Waals surface area contributed by atoms with Crippen molar-refractivity contribution in [2.45, 2.75) is 19.8 Å². The molecule has 0 aromatic heterocycles. The van der Waals surface area contributed by atoms with Gasteiger partial charge in [-0.05, 0) is 6.42 Å². The zero-order valence-electron chi connectivity index (χ0n) is 9.13. The normalized spacial score (nSPS) is 18.6. The second-order valence-electron chi connectivity index (χ2n) is 3.47. The summed E-state index contributed by atoms with van der Waals surface area (Å²) in [5.74, 6) is 0. The summed E-state index contributed by atoms with van der Waals surface area (Å²) < 4.78 is 10.7. The lowest BCUT2D eigenvalue weighted by Gasteiger charge is -2.27. The van der Waals surface area contributed by atoms with Gasteiger partial charge in [-0.3, -0.25) is 5.43 Å². The van der Waals surface area contributed by atoms with Crippen LogP contribution in [0.5, 0.6) is 0 Å². The van der Waals surface area contributed by atoms with Crippen molar-refractivity contribution in [3.63, 3.8) is 0 Å². The summed E-state index contributed by atoms with van der Waals surface area (Å²) in [6.07, 6.45) is 2.37. The Morgan fingerprint density at radius 3 is 2.79 bits per heavy atom. The molecule has 0 unspecified atom stereocenters. The molecule has 1 fully saturated rings. The molecule has 4 heteroatoms. The lowest BCUT2D eigenvalue weighted by Crippen LogP contribution is -2.46. The average molecular weight is 202 g/mol. The molecule has 1 aliphatic heterocycles. The molecule has 0 atom stereocenters. The summed E-state index contributed by atoms with van der Waals surface area (Å²) in [7, 11) is 0. The van der Waals surface area contributed by atoms with Crippen molar-refractivity contribution in [1.29, 1.82) is 0 Å². The average Bonchev–Trinajstić information content (AvgIpc) is 2.25. The van der Waals surface area contributed by atoms with Crippen LogP contribution in [0.4, 0.5) is 0 Å². The van der Waals surface area contributed by atoms with E-state index in [0.717, 1.165) is 52.5 Å². The molecular formula is C10H22N2O2. The SMILES string of the molecule is CCCCOCCNN1CCOCC1. The van der Waals surface area contributed by atoms with Crippen LogP contribution in [0.2, 0.25) is 0 Å². The summed E-state index contributed by atoms with van der Waals surface area (Å²) in [5.41, 5.74) is 3.33. The van der Waals surface area contributed by atoms with E-state index in [0.29, 0.717) is 0 Å². The highest BCUT2D eigenvalue weighted by Crippen LogP contribution is 1.92. The van der Waals surface area contributed by atoms with Gasteiger partial charge < -0.3 is 9.47 Å². The lowest BCUT2D eigenvalue weighted by atomic mass is 10.4. The van der Waals surface area contributed by atoms with Gasteiger partial charge in [-0.2, -0.15) is 0 Å². The lowest BCUT2D eigenvalue weighted by molar-refractivity contribution is 0.00581. The zero-order chi connectivity index (χ0) is 10.1. The summed E-state index contributed by atoms with van der Waals surface area (Å²) in [4.78, 5) is 0. The molecule has 1 rings (SSSR count). The molecule has 4 nitrogen and oxygen atoms in total. The van der Waals surface area contributed by atoms with Gasteiger partial charge in [0.2, 0.25) is 0 Å². The standard InChI is InChI=1S/C10H22N2O2/c1-2-3-7-13-8-4-11-12-5-9-14-10-6-12/h11H,2-10H2,1H3. The van der Waals surface area contributed by atoms with E-state index in [4.69, 9.17) is 9.47 Å². The van der Waals surface area contributed by atoms with Gasteiger partial charge in [0.1, 0.15) is 0 Å². The van der Waals surface area contributed by atoms with Gasteiger partial charge in [0.05, 0.1) is 19.8 Å². The highest BCUT2D eigenvalue weighted by Gasteiger charge is 2.08. The maximum Gasteiger partial charge on any atom is 0.0608 e. The van der Waals surface area contributed by atoms with Crippen molar-refractivity contribution in [3.05, 3.63) is 0 Å². The molecule has 1 heterocycles. The van der Waals surface area contributed by atoms with Crippen LogP contribution in [0.1, 0.15) is 19.8 Å². The highest BCUT2D eigenvalue weighted by atomic mass is 16.5. The van der Waals surface area contributed by atoms with Crippen LogP contribution in [-0.4, -0.2) is 51.1 Å². The van der Waals surface area contributed by atoms with Crippen LogP contribution in [0.3, 0.4) is 0 Å². The number of rotatable bonds is 7. The van der Waals surface area contributed by atoms with Crippen LogP contribution in [0.25, 0.3) is 0 Å². The molecule has 0 spiro atoms. The van der Waals surface area contributed by atoms with E-state index in [9.17, 15) is 0 Å². The van der Waals surface area contributed by atoms with Gasteiger partial charge >= 0.3 is 0 Å². The molecule has 1 aliphatic rings. The summed E-state index contributed by atoms with van der Waals surface area (Å²) >= 11 is 0. The van der Waals surface area contributed by atoms with Gasteiger partial charge in [-0.15, -0.1) is 0 Å². The molecule has 14 heavy (non-hydrogen) atoms. The van der Waals surface area contributed by atoms with E-state index in [2.05, 4.69) is 17.4 Å². The third-order valence-corrected chi connectivity index (χ3v) is 2.24. The predicted octanol–water partition coefficient (Wildman–Crippen LogP) is 0.640. The van der Waals surface area contributed by atoms with Gasteiger partial charge in [0, 0.05) is 26.2 Å². The van der Waals surface area contributed by atoms with Crippen molar-refractivity contribution in [2.24, 2.45) is 0 Å². The molecule has 0 amide bonds. The molecule has 0 aromatic carbocycles. The molecular weight excluding hydrogens is 180 g/mol. The highest BCUT2D eigenvalue weighted by molar-refractivity contribution is 4.56. The van der Waals surface area contributed by atoms with Crippen molar-refractivity contribution < 1.29 is 9.47 Å². The van der Waals surface area contributed by atoms with Gasteiger partial charge in [-0.25, -0.2) is 5.01 Å². The topological polar surface area (TPSA) is 33.7 Å². The number of hydrazine groups is 1. The van der Waals surface area contributed by atoms with E-state index < -0.39 is 0 Å². The Morgan fingerprint density at radius 1 is 1.29 bits per heavy atom. The van der Waals surface area contributed by atoms with Crippen molar-refractivity contribution in [3.8, 4) is 0 Å². The van der Waals surface area contributed by atoms with Crippen molar-refractivity contribution in [1.82, 2.24) is 10.4 Å². The monoisotopic (exact) mass is 202 g/mol. The number of nitrogens with one attached hydrogen (secondary N) is 1. The Morgan fingerprint density at radius 2 is 2.07 bits per heavy atom. The largest absolute Gasteiger partial charge is 0.380 e. The van der Waals surface area contributed by atoms with Crippen LogP contribution in [-0.2, 0) is 9.47 Å². The summed E-state index contributed by atoms with van der Waals surface area (Å²) in [5, 5.41) is 2.20. The quantitative estimate of drug-likeness (QED) is 0.614. The fourth-order valence-electron chi connectivity index (χ4n) is 1.35. The molecule has 1 N–H and O–H groups in total. The van der Waals surface area contributed by atoms with E-state index in [-0.39, 0.29) is 0 Å². The maximum atomic E-state index is 5.44. The molecule has 0 aromatic rings. The van der Waals surface area contributed by atoms with E-state index in [1.165, 1.54) is 6.42 Å². The zero-order valence-corrected chi connectivity index (χ0v) is 9.13. The van der Waals surface area contributed by atoms with Crippen LogP contribution in [0, 0.1) is 0 Å². The molecule has 0 aliphatic carbocycles. The van der Waals surface area contributed by atoms with Crippen LogP contribution in [0.15, 0.2) is 0 Å². The minimum atomic E-state index is 0.803. The first kappa shape index (κ1) is 11.9. The second kappa shape index (κ2) is 8.17. The Labute approximate surface area is 86.5 Å². The molecule has 0 radical (unpaired) electrons. The van der Waals surface area contributed by atoms with E-state index >= 15 is 0 Å². The van der Waals surface area contributed by atoms with E-state index in [1.807, 2.05) is 0 Å². The smallest absolute Gasteiger partial charge is 0.0608 e. The van der Waals surface area contributed by atoms with Crippen molar-refractivity contribution in [2.75, 3.05) is 46.1 Å². The third-order valence-electron chi connectivity index (χ3n) is 2.24. The molecule has 1 saturated heterocycles. The number of nitrogens with zero attached hydrogens (tertiary/aromatic N) is 1. The number of hydrogen-bond acceptors (Lipinski definition) is 4. The second-order valence-corrected chi connectivity index (χ2v) is 3.47. The number of unbranched alkanes of at least 4 members (excludes halogenated alkanes) is 1. The number of ether oxygens (including phenoxy) is 2. The first-order valence-electron chi connectivity index (χ1n) is 5.57. The Bertz CT molecular complexity index is 127. The Balaban J connectivity index is 1.82. The van der Waals surface area contributed by atoms with Gasteiger partial charge in [-0.1, -0.05) is 13.3 Å². The summed E-state index contributed by atoms with van der Waals surface area (Å²) in [6.45, 7) is 8.41. The first-order valence-corrected chi connectivity index (χ1v) is 5.57. The fourth-order valence-corrected chi connectivity index (χ4v) is 1.35. The first-order chi connectivity index (χ1) is 6.93. The van der Waals surface area contributed by atoms with Gasteiger partial charge in [0.15, 0.2) is 0 Å². The Kier molecular flexibility index (Phi) is 6.95. The minimum absolute atomic E-state index is 0.803. The Hall–Kier alpha value is -0.160. The fraction of sp³-hybridized carbons (Fsp3) is 1.00. The number of morpholine rings is 1. The van der Waals surface area contributed by atoms with Crippen molar-refractivity contribution >= 4 is 0 Å².